The number of carbonyl (C=O) groups is 1. The summed E-state index contributed by atoms with van der Waals surface area (Å²) < 4.78 is 0. The zero-order valence-corrected chi connectivity index (χ0v) is 18.3. The third-order valence-electron chi connectivity index (χ3n) is 4.20. The van der Waals surface area contributed by atoms with Crippen molar-refractivity contribution in [3.63, 3.8) is 0 Å². The maximum atomic E-state index is 11.0. The van der Waals surface area contributed by atoms with Gasteiger partial charge in [0.15, 0.2) is 6.19 Å². The van der Waals surface area contributed by atoms with Crippen molar-refractivity contribution in [2.75, 3.05) is 0 Å². The first kappa shape index (κ1) is 24.8. The molecule has 0 atom stereocenters. The number of nitrogens with one attached hydrogen (secondary N) is 1. The summed E-state index contributed by atoms with van der Waals surface area (Å²) in [5.41, 5.74) is 0. The van der Waals surface area contributed by atoms with E-state index in [-0.39, 0.29) is 25.4 Å². The van der Waals surface area contributed by atoms with Crippen LogP contribution in [0.5, 0.6) is 0 Å². The average Bonchev–Trinajstić information content (AvgIpc) is 2.51. The molecule has 0 aromatic rings. The van der Waals surface area contributed by atoms with E-state index in [9.17, 15) is 4.79 Å². The van der Waals surface area contributed by atoms with Gasteiger partial charge >= 0.3 is 19.5 Å². The Morgan fingerprint density at radius 2 is 1.09 bits per heavy atom. The third-order valence-corrected chi connectivity index (χ3v) is 4.20. The molecule has 0 unspecified atom stereocenters. The van der Waals surface area contributed by atoms with Crippen molar-refractivity contribution >= 4 is 5.91 Å². The molecule has 0 aliphatic heterocycles. The second-order valence-electron chi connectivity index (χ2n) is 6.36. The van der Waals surface area contributed by atoms with Crippen LogP contribution < -0.4 is 5.32 Å². The maximum absolute atomic E-state index is 11.0. The average molecular weight is 374 g/mol. The van der Waals surface area contributed by atoms with Gasteiger partial charge in [0.2, 0.25) is 5.91 Å². The number of hydrogen-bond donors (Lipinski definition) is 1. The van der Waals surface area contributed by atoms with Crippen molar-refractivity contribution in [1.82, 2.24) is 5.32 Å². The molecule has 23 heavy (non-hydrogen) atoms. The van der Waals surface area contributed by atoms with Crippen LogP contribution in [0.25, 0.3) is 0 Å². The van der Waals surface area contributed by atoms with Crippen LogP contribution in [0.3, 0.4) is 0 Å². The van der Waals surface area contributed by atoms with Gasteiger partial charge in [0.05, 0.1) is 0 Å². The summed E-state index contributed by atoms with van der Waals surface area (Å²) in [6.45, 7) is 2.27. The van der Waals surface area contributed by atoms with E-state index < -0.39 is 0 Å². The molecule has 3 nitrogen and oxygen atoms in total. The van der Waals surface area contributed by atoms with Gasteiger partial charge in [-0.1, -0.05) is 96.8 Å². The van der Waals surface area contributed by atoms with E-state index in [2.05, 4.69) is 12.2 Å². The molecule has 0 aromatic heterocycles. The largest absolute Gasteiger partial charge is 2.00 e. The van der Waals surface area contributed by atoms with Crippen LogP contribution in [0.1, 0.15) is 110 Å². The van der Waals surface area contributed by atoms with E-state index in [1.165, 1.54) is 83.5 Å². The Hall–Kier alpha value is -0.417. The van der Waals surface area contributed by atoms with E-state index >= 15 is 0 Å². The summed E-state index contributed by atoms with van der Waals surface area (Å²) in [7, 11) is 0. The Labute approximate surface area is 156 Å². The van der Waals surface area contributed by atoms with Gasteiger partial charge in [-0.3, -0.25) is 10.1 Å². The fourth-order valence-electron chi connectivity index (χ4n) is 2.78. The zero-order valence-electron chi connectivity index (χ0n) is 15.4. The number of unbranched alkanes of at least 4 members (excludes halogenated alkanes) is 14. The van der Waals surface area contributed by atoms with E-state index in [1.54, 1.807) is 6.19 Å². The van der Waals surface area contributed by atoms with E-state index in [1.807, 2.05) is 0 Å². The van der Waals surface area contributed by atoms with Crippen LogP contribution in [0, 0.1) is 11.5 Å². The Balaban J connectivity index is 0. The minimum atomic E-state index is -0.141. The predicted octanol–water partition coefficient (Wildman–Crippen LogP) is 5.84. The first-order valence-corrected chi connectivity index (χ1v) is 9.49. The monoisotopic (exact) mass is 372 g/mol. The van der Waals surface area contributed by atoms with Gasteiger partial charge in [-0.25, -0.2) is 0 Å². The van der Waals surface area contributed by atoms with Crippen LogP contribution in [-0.4, -0.2) is 5.91 Å². The summed E-state index contributed by atoms with van der Waals surface area (Å²) in [6.07, 6.45) is 22.1. The second kappa shape index (κ2) is 21.6. The number of nitrogens with zero attached hydrogens (tertiary/aromatic N) is 1. The number of amides is 1. The van der Waals surface area contributed by atoms with Crippen molar-refractivity contribution < 1.29 is 24.3 Å². The van der Waals surface area contributed by atoms with Crippen LogP contribution in [0.15, 0.2) is 0 Å². The van der Waals surface area contributed by atoms with E-state index in [4.69, 9.17) is 5.26 Å². The summed E-state index contributed by atoms with van der Waals surface area (Å²) in [5.74, 6) is -0.141. The quantitative estimate of drug-likeness (QED) is 0.160. The predicted molar refractivity (Wildman–Crippen MR) is 93.3 cm³/mol. The SMILES string of the molecule is CCCCCCCCCCCCCCCCCC(=O)NC#N.[Zn+2]. The van der Waals surface area contributed by atoms with Crippen LogP contribution >= 0.6 is 0 Å². The van der Waals surface area contributed by atoms with Gasteiger partial charge in [0.25, 0.3) is 0 Å². The molecular formula is C19H36N2OZn+2. The van der Waals surface area contributed by atoms with Crippen molar-refractivity contribution in [3.8, 4) is 6.19 Å². The molecule has 0 fully saturated rings. The second-order valence-corrected chi connectivity index (χ2v) is 6.36. The van der Waals surface area contributed by atoms with Crippen molar-refractivity contribution in [2.45, 2.75) is 110 Å². The molecule has 0 heterocycles. The van der Waals surface area contributed by atoms with Crippen molar-refractivity contribution in [3.05, 3.63) is 0 Å². The normalized spacial score (nSPS) is 9.91. The van der Waals surface area contributed by atoms with Crippen molar-refractivity contribution in [1.29, 1.82) is 5.26 Å². The van der Waals surface area contributed by atoms with Gasteiger partial charge < -0.3 is 0 Å². The number of nitriles is 1. The zero-order chi connectivity index (χ0) is 16.3. The minimum absolute atomic E-state index is 0. The first-order chi connectivity index (χ1) is 10.8. The first-order valence-electron chi connectivity index (χ1n) is 9.49. The van der Waals surface area contributed by atoms with Gasteiger partial charge in [-0.05, 0) is 6.42 Å². The molecule has 0 aromatic carbocycles. The number of rotatable bonds is 16. The summed E-state index contributed by atoms with van der Waals surface area (Å²) in [5, 5.41) is 10.4. The third kappa shape index (κ3) is 21.6. The Morgan fingerprint density at radius 3 is 1.43 bits per heavy atom. The summed E-state index contributed by atoms with van der Waals surface area (Å²) in [6, 6.07) is 0. The van der Waals surface area contributed by atoms with Gasteiger partial charge in [-0.15, -0.1) is 0 Å². The smallest absolute Gasteiger partial charge is 0.274 e. The molecule has 0 bridgehead atoms. The van der Waals surface area contributed by atoms with Gasteiger partial charge in [0, 0.05) is 6.42 Å². The molecular weight excluding hydrogens is 338 g/mol. The van der Waals surface area contributed by atoms with Gasteiger partial charge in [0.1, 0.15) is 0 Å². The standard InChI is InChI=1S/C19H36N2O.Zn/c1-2-3-4-5-6-7-8-9-10-11-12-13-14-15-16-17-19(22)21-18-20;/h2-17H2,1H3,(H,21,22);/q;+2. The van der Waals surface area contributed by atoms with Crippen LogP contribution in [-0.2, 0) is 24.3 Å². The van der Waals surface area contributed by atoms with E-state index in [0.29, 0.717) is 6.42 Å². The minimum Gasteiger partial charge on any atom is -0.274 e. The molecule has 0 spiro atoms. The molecule has 128 valence electrons. The van der Waals surface area contributed by atoms with Crippen molar-refractivity contribution in [2.24, 2.45) is 0 Å². The van der Waals surface area contributed by atoms with Crippen LogP contribution in [0.2, 0.25) is 0 Å². The molecule has 1 N–H and O–H groups in total. The van der Waals surface area contributed by atoms with Crippen LogP contribution in [0.4, 0.5) is 0 Å². The summed E-state index contributed by atoms with van der Waals surface area (Å²) >= 11 is 0. The summed E-state index contributed by atoms with van der Waals surface area (Å²) in [4.78, 5) is 11.0. The maximum Gasteiger partial charge on any atom is 2.00 e. The molecule has 0 aliphatic rings. The molecule has 0 rings (SSSR count). The fraction of sp³-hybridized carbons (Fsp3) is 0.895. The molecule has 0 aliphatic carbocycles. The topological polar surface area (TPSA) is 52.9 Å². The number of hydrogen-bond acceptors (Lipinski definition) is 2. The van der Waals surface area contributed by atoms with E-state index in [0.717, 1.165) is 12.8 Å². The molecule has 0 saturated heterocycles. The Morgan fingerprint density at radius 1 is 0.739 bits per heavy atom. The van der Waals surface area contributed by atoms with Gasteiger partial charge in [-0.2, -0.15) is 5.26 Å². The Bertz CT molecular complexity index is 290. The Kier molecular flexibility index (Phi) is 23.3. The molecule has 0 radical (unpaired) electrons. The fourth-order valence-corrected chi connectivity index (χ4v) is 2.78. The molecule has 1 amide bonds. The number of carbonyl (C=O) groups excluding carboxylic acids is 1. The molecule has 4 heteroatoms. The molecule has 0 saturated carbocycles.